The molecule has 0 atom stereocenters. The molecule has 6 heteroatoms. The monoisotopic (exact) mass is 281 g/mol. The number of hydrogen-bond acceptors (Lipinski definition) is 3. The summed E-state index contributed by atoms with van der Waals surface area (Å²) in [7, 11) is 3.72. The fourth-order valence-electron chi connectivity index (χ4n) is 2.55. The molecule has 1 amide bonds. The maximum absolute atomic E-state index is 11.9. The van der Waals surface area contributed by atoms with Crippen LogP contribution in [0.3, 0.4) is 0 Å². The summed E-state index contributed by atoms with van der Waals surface area (Å²) in [5, 5.41) is 9.14. The topological polar surface area (TPSA) is 49.8 Å². The highest BCUT2D eigenvalue weighted by molar-refractivity contribution is 6.38. The molecule has 1 saturated heterocycles. The number of aliphatic hydroxyl groups is 1. The number of ether oxygens (including phenoxy) is 1. The van der Waals surface area contributed by atoms with Gasteiger partial charge in [-0.25, -0.2) is 4.79 Å². The zero-order valence-corrected chi connectivity index (χ0v) is 13.7. The number of nitrogens with zero attached hydrogens (tertiary/aromatic N) is 1. The summed E-state index contributed by atoms with van der Waals surface area (Å²) in [6.07, 6.45) is 4.95. The second kappa shape index (κ2) is 6.88. The van der Waals surface area contributed by atoms with Gasteiger partial charge in [-0.05, 0) is 46.0 Å². The van der Waals surface area contributed by atoms with Gasteiger partial charge in [0.1, 0.15) is 21.3 Å². The number of amides is 1. The second-order valence-corrected chi connectivity index (χ2v) is 7.62. The van der Waals surface area contributed by atoms with Gasteiger partial charge in [-0.2, -0.15) is 0 Å². The Morgan fingerprint density at radius 2 is 1.85 bits per heavy atom. The van der Waals surface area contributed by atoms with Crippen molar-refractivity contribution < 1.29 is 14.6 Å². The van der Waals surface area contributed by atoms with Crippen molar-refractivity contribution in [3.8, 4) is 0 Å². The van der Waals surface area contributed by atoms with Gasteiger partial charge in [0, 0.05) is 18.5 Å². The summed E-state index contributed by atoms with van der Waals surface area (Å²) in [6.45, 7) is 7.28. The van der Waals surface area contributed by atoms with E-state index in [0.29, 0.717) is 5.92 Å². The Morgan fingerprint density at radius 1 is 1.30 bits per heavy atom. The van der Waals surface area contributed by atoms with Crippen LogP contribution < -0.4 is 0 Å². The molecule has 1 rings (SSSR count). The summed E-state index contributed by atoms with van der Waals surface area (Å²) >= 11 is 0. The van der Waals surface area contributed by atoms with Gasteiger partial charge in [0.25, 0.3) is 0 Å². The lowest BCUT2D eigenvalue weighted by atomic mass is 9.62. The molecular formula is C14H29B2NO3. The van der Waals surface area contributed by atoms with Crippen molar-refractivity contribution in [3.05, 3.63) is 0 Å². The van der Waals surface area contributed by atoms with Crippen molar-refractivity contribution in [3.63, 3.8) is 0 Å². The van der Waals surface area contributed by atoms with Crippen LogP contribution in [0.5, 0.6) is 0 Å². The van der Waals surface area contributed by atoms with Crippen LogP contribution in [0.2, 0.25) is 0 Å². The molecule has 0 saturated carbocycles. The molecule has 114 valence electrons. The molecule has 0 bridgehead atoms. The van der Waals surface area contributed by atoms with Crippen molar-refractivity contribution in [1.82, 2.24) is 4.90 Å². The van der Waals surface area contributed by atoms with Gasteiger partial charge < -0.3 is 14.7 Å². The van der Waals surface area contributed by atoms with Crippen molar-refractivity contribution in [2.75, 3.05) is 13.1 Å². The number of carbonyl (C=O) groups is 1. The second-order valence-electron chi connectivity index (χ2n) is 7.62. The van der Waals surface area contributed by atoms with E-state index in [1.807, 2.05) is 41.4 Å². The predicted molar refractivity (Wildman–Crippen MR) is 86.4 cm³/mol. The maximum Gasteiger partial charge on any atom is 0.410 e. The molecule has 0 unspecified atom stereocenters. The van der Waals surface area contributed by atoms with Gasteiger partial charge in [-0.1, -0.05) is 12.8 Å². The molecule has 20 heavy (non-hydrogen) atoms. The van der Waals surface area contributed by atoms with Crippen molar-refractivity contribution >= 4 is 21.8 Å². The third kappa shape index (κ3) is 7.22. The molecule has 1 fully saturated rings. The predicted octanol–water partition coefficient (Wildman–Crippen LogP) is 0.716. The van der Waals surface area contributed by atoms with Crippen molar-refractivity contribution in [1.29, 1.82) is 0 Å². The number of rotatable bonds is 4. The molecule has 4 nitrogen and oxygen atoms in total. The van der Waals surface area contributed by atoms with Gasteiger partial charge >= 0.3 is 6.09 Å². The minimum atomic E-state index is -0.558. The van der Waals surface area contributed by atoms with Crippen LogP contribution in [-0.4, -0.2) is 55.9 Å². The molecular weight excluding hydrogens is 252 g/mol. The van der Waals surface area contributed by atoms with Crippen molar-refractivity contribution in [2.24, 2.45) is 5.92 Å². The third-order valence-corrected chi connectivity index (χ3v) is 3.67. The average Bonchev–Trinajstić information content (AvgIpc) is 2.25. The SMILES string of the molecule is BC(B)(O)CCCC1CCN(C(=O)OC(C)(C)C)CC1. The van der Waals surface area contributed by atoms with E-state index in [4.69, 9.17) is 4.74 Å². The smallest absolute Gasteiger partial charge is 0.410 e. The third-order valence-electron chi connectivity index (χ3n) is 3.67. The van der Waals surface area contributed by atoms with Gasteiger partial charge in [0.2, 0.25) is 0 Å². The Kier molecular flexibility index (Phi) is 5.99. The van der Waals surface area contributed by atoms with Crippen LogP contribution in [0.15, 0.2) is 0 Å². The minimum Gasteiger partial charge on any atom is -0.444 e. The first-order chi connectivity index (χ1) is 9.07. The Labute approximate surface area is 125 Å². The zero-order valence-electron chi connectivity index (χ0n) is 13.7. The van der Waals surface area contributed by atoms with Crippen LogP contribution >= 0.6 is 0 Å². The first-order valence-corrected chi connectivity index (χ1v) is 7.77. The number of carbonyl (C=O) groups excluding carboxylic acids is 1. The fraction of sp³-hybridized carbons (Fsp3) is 0.929. The number of likely N-dealkylation sites (tertiary alicyclic amines) is 1. The van der Waals surface area contributed by atoms with E-state index in [0.717, 1.165) is 45.2 Å². The lowest BCUT2D eigenvalue weighted by molar-refractivity contribution is 0.0180. The van der Waals surface area contributed by atoms with E-state index in [2.05, 4.69) is 0 Å². The quantitative estimate of drug-likeness (QED) is 0.772. The minimum absolute atomic E-state index is 0.188. The van der Waals surface area contributed by atoms with Crippen LogP contribution in [-0.2, 0) is 4.74 Å². The maximum atomic E-state index is 11.9. The first kappa shape index (κ1) is 17.4. The van der Waals surface area contributed by atoms with E-state index in [1.165, 1.54) is 0 Å². The van der Waals surface area contributed by atoms with Gasteiger partial charge in [-0.3, -0.25) is 0 Å². The van der Waals surface area contributed by atoms with Gasteiger partial charge in [-0.15, -0.1) is 0 Å². The van der Waals surface area contributed by atoms with Crippen molar-refractivity contribution in [2.45, 2.75) is 63.9 Å². The van der Waals surface area contributed by atoms with E-state index < -0.39 is 11.0 Å². The molecule has 1 N–H and O–H groups in total. The highest BCUT2D eigenvalue weighted by Gasteiger charge is 2.26. The Morgan fingerprint density at radius 3 is 2.30 bits per heavy atom. The molecule has 1 aliphatic heterocycles. The number of piperidine rings is 1. The summed E-state index contributed by atoms with van der Waals surface area (Å²) < 4.78 is 5.39. The van der Waals surface area contributed by atoms with Gasteiger partial charge in [0.15, 0.2) is 0 Å². The van der Waals surface area contributed by atoms with E-state index in [9.17, 15) is 9.90 Å². The lowest BCUT2D eigenvalue weighted by Crippen LogP contribution is -2.41. The van der Waals surface area contributed by atoms with E-state index in [1.54, 1.807) is 0 Å². The lowest BCUT2D eigenvalue weighted by Gasteiger charge is -2.33. The molecule has 0 spiro atoms. The molecule has 1 heterocycles. The highest BCUT2D eigenvalue weighted by Crippen LogP contribution is 2.24. The van der Waals surface area contributed by atoms with E-state index in [-0.39, 0.29) is 6.09 Å². The highest BCUT2D eigenvalue weighted by atomic mass is 16.6. The van der Waals surface area contributed by atoms with Crippen LogP contribution in [0.4, 0.5) is 4.79 Å². The normalized spacial score (nSPS) is 18.1. The molecule has 1 aliphatic rings. The summed E-state index contributed by atoms with van der Waals surface area (Å²) in [5.74, 6) is 0.677. The Balaban J connectivity index is 2.25. The summed E-state index contributed by atoms with van der Waals surface area (Å²) in [5.41, 5.74) is -0.416. The number of hydrogen-bond donors (Lipinski definition) is 1. The first-order valence-electron chi connectivity index (χ1n) is 7.77. The summed E-state index contributed by atoms with van der Waals surface area (Å²) in [6, 6.07) is 0. The molecule has 0 radical (unpaired) electrons. The van der Waals surface area contributed by atoms with E-state index >= 15 is 0 Å². The van der Waals surface area contributed by atoms with Crippen LogP contribution in [0, 0.1) is 5.92 Å². The molecule has 0 aromatic rings. The van der Waals surface area contributed by atoms with Gasteiger partial charge in [0.05, 0.1) is 0 Å². The molecule has 0 aliphatic carbocycles. The van der Waals surface area contributed by atoms with Crippen LogP contribution in [0.1, 0.15) is 52.9 Å². The standard InChI is InChI=1S/C14H29B2NO3/c1-13(2,3)20-12(18)17-9-6-11(7-10-17)5-4-8-14(15,16)19/h11,19H,4-10,15-16H2,1-3H3. The summed E-state index contributed by atoms with van der Waals surface area (Å²) in [4.78, 5) is 13.8. The zero-order chi connectivity index (χ0) is 15.4. The largest absolute Gasteiger partial charge is 0.444 e. The Bertz CT molecular complexity index is 315. The van der Waals surface area contributed by atoms with Crippen LogP contribution in [0.25, 0.3) is 0 Å². The average molecular weight is 281 g/mol. The fourth-order valence-corrected chi connectivity index (χ4v) is 2.55. The molecule has 0 aromatic heterocycles. The molecule has 0 aromatic carbocycles. The Hall–Kier alpha value is -0.640.